The minimum Gasteiger partial charge on any atom is -0.350 e. The normalized spacial score (nSPS) is 12.1. The standard InChI is InChI=1S/C17H20N6O/c1-13-4-6-15(7-5-13)23-12-16(20-21-23)17(24)18-10-14(2)11-22-9-3-8-19-22/h3-9,12,14H,10-11H2,1-2H3,(H,18,24)/t14-/m1/s1. The number of hydrogen-bond acceptors (Lipinski definition) is 4. The number of nitrogens with one attached hydrogen (secondary N) is 1. The van der Waals surface area contributed by atoms with Gasteiger partial charge in [-0.3, -0.25) is 9.48 Å². The van der Waals surface area contributed by atoms with Crippen molar-refractivity contribution in [3.63, 3.8) is 0 Å². The predicted octanol–water partition coefficient (Wildman–Crippen LogP) is 1.84. The number of benzene rings is 1. The molecule has 3 rings (SSSR count). The molecule has 1 amide bonds. The molecule has 3 aromatic rings. The molecular formula is C17H20N6O. The molecule has 0 aliphatic heterocycles. The topological polar surface area (TPSA) is 77.6 Å². The van der Waals surface area contributed by atoms with Gasteiger partial charge in [0.15, 0.2) is 5.69 Å². The molecule has 1 atom stereocenters. The summed E-state index contributed by atoms with van der Waals surface area (Å²) in [5.74, 6) is 0.0432. The highest BCUT2D eigenvalue weighted by molar-refractivity contribution is 5.91. The second-order valence-corrected chi connectivity index (χ2v) is 5.93. The minimum atomic E-state index is -0.222. The van der Waals surface area contributed by atoms with E-state index in [1.54, 1.807) is 17.1 Å². The summed E-state index contributed by atoms with van der Waals surface area (Å²) >= 11 is 0. The molecule has 0 bridgehead atoms. The lowest BCUT2D eigenvalue weighted by atomic mass is 10.2. The number of aromatic nitrogens is 5. The number of carbonyl (C=O) groups is 1. The molecule has 2 aromatic heterocycles. The molecule has 0 aliphatic carbocycles. The van der Waals surface area contributed by atoms with Crippen molar-refractivity contribution >= 4 is 5.91 Å². The van der Waals surface area contributed by atoms with Crippen molar-refractivity contribution in [2.24, 2.45) is 5.92 Å². The third-order valence-corrected chi connectivity index (χ3v) is 3.69. The van der Waals surface area contributed by atoms with E-state index in [-0.39, 0.29) is 11.8 Å². The van der Waals surface area contributed by atoms with Gasteiger partial charge in [-0.1, -0.05) is 29.8 Å². The maximum Gasteiger partial charge on any atom is 0.273 e. The number of rotatable bonds is 6. The van der Waals surface area contributed by atoms with Crippen LogP contribution in [-0.4, -0.2) is 37.2 Å². The first-order valence-electron chi connectivity index (χ1n) is 7.87. The van der Waals surface area contributed by atoms with Crippen molar-refractivity contribution in [3.8, 4) is 5.69 Å². The first kappa shape index (κ1) is 15.9. The highest BCUT2D eigenvalue weighted by atomic mass is 16.2. The van der Waals surface area contributed by atoms with Crippen molar-refractivity contribution < 1.29 is 4.79 Å². The summed E-state index contributed by atoms with van der Waals surface area (Å²) in [6.45, 7) is 5.39. The van der Waals surface area contributed by atoms with Crippen LogP contribution in [0.15, 0.2) is 48.9 Å². The summed E-state index contributed by atoms with van der Waals surface area (Å²) in [6.07, 6.45) is 5.29. The Morgan fingerprint density at radius 2 is 2.08 bits per heavy atom. The van der Waals surface area contributed by atoms with E-state index in [0.717, 1.165) is 12.2 Å². The van der Waals surface area contributed by atoms with Gasteiger partial charge in [0.25, 0.3) is 5.91 Å². The second kappa shape index (κ2) is 7.08. The van der Waals surface area contributed by atoms with E-state index >= 15 is 0 Å². The lowest BCUT2D eigenvalue weighted by molar-refractivity contribution is 0.0941. The molecule has 124 valence electrons. The van der Waals surface area contributed by atoms with Gasteiger partial charge < -0.3 is 5.32 Å². The van der Waals surface area contributed by atoms with Crippen molar-refractivity contribution in [2.45, 2.75) is 20.4 Å². The van der Waals surface area contributed by atoms with E-state index in [1.165, 1.54) is 5.56 Å². The van der Waals surface area contributed by atoms with Gasteiger partial charge >= 0.3 is 0 Å². The van der Waals surface area contributed by atoms with Gasteiger partial charge in [0.05, 0.1) is 11.9 Å². The van der Waals surface area contributed by atoms with Crippen LogP contribution in [0, 0.1) is 12.8 Å². The highest BCUT2D eigenvalue weighted by Gasteiger charge is 2.13. The molecule has 24 heavy (non-hydrogen) atoms. The lowest BCUT2D eigenvalue weighted by Gasteiger charge is -2.11. The van der Waals surface area contributed by atoms with Crippen LogP contribution in [0.2, 0.25) is 0 Å². The van der Waals surface area contributed by atoms with Crippen molar-refractivity contribution in [1.82, 2.24) is 30.1 Å². The second-order valence-electron chi connectivity index (χ2n) is 5.93. The molecule has 0 saturated heterocycles. The van der Waals surface area contributed by atoms with Gasteiger partial charge in [-0.15, -0.1) is 5.10 Å². The molecule has 0 fully saturated rings. The molecule has 7 heteroatoms. The molecule has 1 N–H and O–H groups in total. The Morgan fingerprint density at radius 1 is 1.29 bits per heavy atom. The number of hydrogen-bond donors (Lipinski definition) is 1. The smallest absolute Gasteiger partial charge is 0.273 e. The Bertz CT molecular complexity index is 791. The van der Waals surface area contributed by atoms with Crippen LogP contribution >= 0.6 is 0 Å². The van der Waals surface area contributed by atoms with Crippen LogP contribution in [0.5, 0.6) is 0 Å². The van der Waals surface area contributed by atoms with Crippen molar-refractivity contribution in [1.29, 1.82) is 0 Å². The molecule has 0 unspecified atom stereocenters. The monoisotopic (exact) mass is 324 g/mol. The number of amides is 1. The largest absolute Gasteiger partial charge is 0.350 e. The Kier molecular flexibility index (Phi) is 4.69. The fourth-order valence-corrected chi connectivity index (χ4v) is 2.34. The third kappa shape index (κ3) is 3.87. The number of nitrogens with zero attached hydrogens (tertiary/aromatic N) is 5. The summed E-state index contributed by atoms with van der Waals surface area (Å²) in [5, 5.41) is 15.0. The van der Waals surface area contributed by atoms with Gasteiger partial charge in [-0.05, 0) is 31.0 Å². The van der Waals surface area contributed by atoms with Gasteiger partial charge in [0, 0.05) is 25.5 Å². The summed E-state index contributed by atoms with van der Waals surface area (Å²) in [4.78, 5) is 12.2. The molecule has 1 aromatic carbocycles. The van der Waals surface area contributed by atoms with Crippen LogP contribution in [-0.2, 0) is 6.54 Å². The van der Waals surface area contributed by atoms with Crippen LogP contribution < -0.4 is 5.32 Å². The van der Waals surface area contributed by atoms with Gasteiger partial charge in [-0.25, -0.2) is 4.68 Å². The van der Waals surface area contributed by atoms with Crippen LogP contribution in [0.4, 0.5) is 0 Å². The number of aryl methyl sites for hydroxylation is 1. The molecule has 7 nitrogen and oxygen atoms in total. The molecule has 0 aliphatic rings. The highest BCUT2D eigenvalue weighted by Crippen LogP contribution is 2.08. The van der Waals surface area contributed by atoms with Gasteiger partial charge in [-0.2, -0.15) is 5.10 Å². The van der Waals surface area contributed by atoms with Crippen LogP contribution in [0.25, 0.3) is 5.69 Å². The van der Waals surface area contributed by atoms with Crippen molar-refractivity contribution in [2.75, 3.05) is 6.54 Å². The van der Waals surface area contributed by atoms with Crippen LogP contribution in [0.3, 0.4) is 0 Å². The molecule has 0 spiro atoms. The van der Waals surface area contributed by atoms with E-state index in [2.05, 4.69) is 27.7 Å². The summed E-state index contributed by atoms with van der Waals surface area (Å²) < 4.78 is 3.45. The molecule has 0 saturated carbocycles. The average molecular weight is 324 g/mol. The summed E-state index contributed by atoms with van der Waals surface area (Å²) in [5.41, 5.74) is 2.35. The summed E-state index contributed by atoms with van der Waals surface area (Å²) in [6, 6.07) is 9.76. The number of carbonyl (C=O) groups excluding carboxylic acids is 1. The zero-order chi connectivity index (χ0) is 16.9. The van der Waals surface area contributed by atoms with E-state index in [0.29, 0.717) is 12.2 Å². The van der Waals surface area contributed by atoms with E-state index < -0.39 is 0 Å². The zero-order valence-electron chi connectivity index (χ0n) is 13.8. The lowest BCUT2D eigenvalue weighted by Crippen LogP contribution is -2.30. The molecule has 0 radical (unpaired) electrons. The fourth-order valence-electron chi connectivity index (χ4n) is 2.34. The predicted molar refractivity (Wildman–Crippen MR) is 89.8 cm³/mol. The molecular weight excluding hydrogens is 304 g/mol. The van der Waals surface area contributed by atoms with Crippen LogP contribution in [0.1, 0.15) is 23.0 Å². The van der Waals surface area contributed by atoms with E-state index in [1.807, 2.05) is 48.1 Å². The molecule has 2 heterocycles. The first-order valence-corrected chi connectivity index (χ1v) is 7.87. The minimum absolute atomic E-state index is 0.222. The maximum atomic E-state index is 12.2. The summed E-state index contributed by atoms with van der Waals surface area (Å²) in [7, 11) is 0. The first-order chi connectivity index (χ1) is 11.6. The fraction of sp³-hybridized carbons (Fsp3) is 0.294. The SMILES string of the molecule is Cc1ccc(-n2cc(C(=O)NC[C@@H](C)Cn3cccn3)nn2)cc1. The zero-order valence-corrected chi connectivity index (χ0v) is 13.8. The van der Waals surface area contributed by atoms with Gasteiger partial charge in [0.1, 0.15) is 0 Å². The Labute approximate surface area is 140 Å². The Hall–Kier alpha value is -2.96. The third-order valence-electron chi connectivity index (χ3n) is 3.69. The Morgan fingerprint density at radius 3 is 2.79 bits per heavy atom. The van der Waals surface area contributed by atoms with E-state index in [9.17, 15) is 4.79 Å². The maximum absolute atomic E-state index is 12.2. The quantitative estimate of drug-likeness (QED) is 0.750. The van der Waals surface area contributed by atoms with Gasteiger partial charge in [0.2, 0.25) is 0 Å². The van der Waals surface area contributed by atoms with Crippen molar-refractivity contribution in [3.05, 3.63) is 60.2 Å². The van der Waals surface area contributed by atoms with E-state index in [4.69, 9.17) is 0 Å². The average Bonchev–Trinajstić information content (AvgIpc) is 3.25. The Balaban J connectivity index is 1.56.